The molecule has 18 heavy (non-hydrogen) atoms. The fourth-order valence-corrected chi connectivity index (χ4v) is 1.74. The number of nitrogens with two attached hydrogens (primary N) is 1. The summed E-state index contributed by atoms with van der Waals surface area (Å²) >= 11 is 5.96. The van der Waals surface area contributed by atoms with Gasteiger partial charge in [-0.3, -0.25) is 4.79 Å². The van der Waals surface area contributed by atoms with Crippen molar-refractivity contribution < 1.29 is 9.53 Å². The number of methoxy groups -OCH3 is 1. The van der Waals surface area contributed by atoms with Crippen molar-refractivity contribution in [1.82, 2.24) is 4.98 Å². The maximum Gasteiger partial charge on any atom is 0.272 e. The van der Waals surface area contributed by atoms with E-state index in [9.17, 15) is 4.79 Å². The van der Waals surface area contributed by atoms with Crippen LogP contribution in [-0.2, 0) is 0 Å². The van der Waals surface area contributed by atoms with E-state index in [1.807, 2.05) is 0 Å². The van der Waals surface area contributed by atoms with Gasteiger partial charge >= 0.3 is 0 Å². The summed E-state index contributed by atoms with van der Waals surface area (Å²) in [6.07, 6.45) is 1.55. The standard InChI is InChI=1S/C12H12ClN3O2/c1-18-11-3-2-8(5-9(11)13)16-12(17)10-4-7(14)6-15-10/h2-6,15H,14H2,1H3,(H,16,17). The molecule has 0 saturated carbocycles. The van der Waals surface area contributed by atoms with Crippen molar-refractivity contribution in [3.8, 4) is 5.75 Å². The van der Waals surface area contributed by atoms with Gasteiger partial charge in [0.1, 0.15) is 11.4 Å². The number of aromatic nitrogens is 1. The minimum absolute atomic E-state index is 0.284. The van der Waals surface area contributed by atoms with E-state index in [4.69, 9.17) is 22.1 Å². The maximum atomic E-state index is 11.8. The van der Waals surface area contributed by atoms with Crippen molar-refractivity contribution in [2.24, 2.45) is 0 Å². The van der Waals surface area contributed by atoms with Gasteiger partial charge in [-0.2, -0.15) is 0 Å². The zero-order valence-corrected chi connectivity index (χ0v) is 10.4. The second-order valence-corrected chi connectivity index (χ2v) is 4.06. The highest BCUT2D eigenvalue weighted by Crippen LogP contribution is 2.27. The van der Waals surface area contributed by atoms with Crippen LogP contribution in [0.3, 0.4) is 0 Å². The second-order valence-electron chi connectivity index (χ2n) is 3.65. The second kappa shape index (κ2) is 5.01. The first kappa shape index (κ1) is 12.3. The number of ether oxygens (including phenoxy) is 1. The van der Waals surface area contributed by atoms with Crippen LogP contribution in [0.5, 0.6) is 5.75 Å². The van der Waals surface area contributed by atoms with Gasteiger partial charge < -0.3 is 20.8 Å². The molecule has 0 fully saturated rings. The summed E-state index contributed by atoms with van der Waals surface area (Å²) in [5.74, 6) is 0.270. The molecule has 1 aromatic heterocycles. The van der Waals surface area contributed by atoms with Crippen molar-refractivity contribution in [3.63, 3.8) is 0 Å². The minimum Gasteiger partial charge on any atom is -0.495 e. The number of hydrogen-bond acceptors (Lipinski definition) is 3. The summed E-state index contributed by atoms with van der Waals surface area (Å²) < 4.78 is 5.03. The number of halogens is 1. The highest BCUT2D eigenvalue weighted by molar-refractivity contribution is 6.32. The normalized spacial score (nSPS) is 10.1. The molecule has 6 heteroatoms. The molecule has 2 rings (SSSR count). The summed E-state index contributed by atoms with van der Waals surface area (Å²) in [5, 5.41) is 3.13. The van der Waals surface area contributed by atoms with Crippen LogP contribution in [0.1, 0.15) is 10.5 Å². The van der Waals surface area contributed by atoms with Crippen LogP contribution in [0.4, 0.5) is 11.4 Å². The number of nitrogen functional groups attached to an aromatic ring is 1. The molecule has 0 bridgehead atoms. The number of benzene rings is 1. The fourth-order valence-electron chi connectivity index (χ4n) is 1.48. The van der Waals surface area contributed by atoms with Crippen LogP contribution < -0.4 is 15.8 Å². The molecule has 0 atom stereocenters. The Hall–Kier alpha value is -2.14. The Kier molecular flexibility index (Phi) is 3.43. The topological polar surface area (TPSA) is 80.1 Å². The lowest BCUT2D eigenvalue weighted by Crippen LogP contribution is -2.12. The van der Waals surface area contributed by atoms with Crippen molar-refractivity contribution in [2.75, 3.05) is 18.2 Å². The largest absolute Gasteiger partial charge is 0.495 e. The lowest BCUT2D eigenvalue weighted by molar-refractivity contribution is 0.102. The van der Waals surface area contributed by atoms with Gasteiger partial charge in [0.2, 0.25) is 0 Å². The quantitative estimate of drug-likeness (QED) is 0.798. The zero-order chi connectivity index (χ0) is 13.1. The Morgan fingerprint density at radius 1 is 1.44 bits per heavy atom. The molecule has 0 saturated heterocycles. The molecule has 4 N–H and O–H groups in total. The van der Waals surface area contributed by atoms with Gasteiger partial charge in [0.15, 0.2) is 0 Å². The number of aromatic amines is 1. The number of H-pyrrole nitrogens is 1. The molecule has 1 heterocycles. The first-order valence-electron chi connectivity index (χ1n) is 5.19. The number of carbonyl (C=O) groups excluding carboxylic acids is 1. The van der Waals surface area contributed by atoms with Crippen LogP contribution in [0.25, 0.3) is 0 Å². The lowest BCUT2D eigenvalue weighted by Gasteiger charge is -2.07. The van der Waals surface area contributed by atoms with Gasteiger partial charge in [-0.25, -0.2) is 0 Å². The van der Waals surface area contributed by atoms with Crippen LogP contribution in [0, 0.1) is 0 Å². The molecule has 0 aliphatic heterocycles. The third-order valence-corrected chi connectivity index (χ3v) is 2.65. The average molecular weight is 266 g/mol. The van der Waals surface area contributed by atoms with Gasteiger partial charge in [0, 0.05) is 17.6 Å². The Morgan fingerprint density at radius 2 is 2.22 bits per heavy atom. The van der Waals surface area contributed by atoms with Crippen LogP contribution >= 0.6 is 11.6 Å². The number of anilines is 2. The number of carbonyl (C=O) groups is 1. The highest BCUT2D eigenvalue weighted by atomic mass is 35.5. The van der Waals surface area contributed by atoms with Crippen molar-refractivity contribution in [2.45, 2.75) is 0 Å². The van der Waals surface area contributed by atoms with Crippen molar-refractivity contribution in [3.05, 3.63) is 41.2 Å². The van der Waals surface area contributed by atoms with E-state index < -0.39 is 0 Å². The van der Waals surface area contributed by atoms with Crippen LogP contribution in [-0.4, -0.2) is 18.0 Å². The van der Waals surface area contributed by atoms with E-state index in [-0.39, 0.29) is 5.91 Å². The van der Waals surface area contributed by atoms with E-state index in [1.54, 1.807) is 30.5 Å². The molecule has 2 aromatic rings. The number of amides is 1. The molecule has 0 aliphatic carbocycles. The Labute approximate surface area is 109 Å². The molecule has 5 nitrogen and oxygen atoms in total. The first-order valence-corrected chi connectivity index (χ1v) is 5.56. The molecule has 0 unspecified atom stereocenters. The van der Waals surface area contributed by atoms with Gasteiger partial charge in [-0.05, 0) is 24.3 Å². The number of hydrogen-bond donors (Lipinski definition) is 3. The third kappa shape index (κ3) is 2.57. The Balaban J connectivity index is 2.14. The molecule has 0 aliphatic rings. The predicted molar refractivity (Wildman–Crippen MR) is 71.2 cm³/mol. The number of rotatable bonds is 3. The molecular formula is C12H12ClN3O2. The lowest BCUT2D eigenvalue weighted by atomic mass is 10.3. The van der Waals surface area contributed by atoms with E-state index in [0.717, 1.165) is 0 Å². The van der Waals surface area contributed by atoms with Crippen molar-refractivity contribution >= 4 is 28.9 Å². The number of nitrogens with one attached hydrogen (secondary N) is 2. The summed E-state index contributed by atoms with van der Waals surface area (Å²) in [7, 11) is 1.53. The van der Waals surface area contributed by atoms with Gasteiger partial charge in [-0.15, -0.1) is 0 Å². The summed E-state index contributed by atoms with van der Waals surface area (Å²) in [5.41, 5.74) is 7.00. The van der Waals surface area contributed by atoms with Gasteiger partial charge in [0.25, 0.3) is 5.91 Å². The first-order chi connectivity index (χ1) is 8.60. The third-order valence-electron chi connectivity index (χ3n) is 2.36. The summed E-state index contributed by atoms with van der Waals surface area (Å²) in [6, 6.07) is 6.56. The Morgan fingerprint density at radius 3 is 2.78 bits per heavy atom. The van der Waals surface area contributed by atoms with Crippen LogP contribution in [0.2, 0.25) is 5.02 Å². The average Bonchev–Trinajstić information content (AvgIpc) is 2.76. The van der Waals surface area contributed by atoms with Gasteiger partial charge in [0.05, 0.1) is 12.1 Å². The monoisotopic (exact) mass is 265 g/mol. The maximum absolute atomic E-state index is 11.8. The molecule has 0 spiro atoms. The molecule has 1 aromatic carbocycles. The molecular weight excluding hydrogens is 254 g/mol. The van der Waals surface area contributed by atoms with Crippen molar-refractivity contribution in [1.29, 1.82) is 0 Å². The molecule has 1 amide bonds. The van der Waals surface area contributed by atoms with E-state index in [0.29, 0.717) is 27.8 Å². The van der Waals surface area contributed by atoms with Crippen LogP contribution in [0.15, 0.2) is 30.5 Å². The zero-order valence-electron chi connectivity index (χ0n) is 9.66. The Bertz CT molecular complexity index is 580. The molecule has 94 valence electrons. The van der Waals surface area contributed by atoms with Gasteiger partial charge in [-0.1, -0.05) is 11.6 Å². The van der Waals surface area contributed by atoms with E-state index in [1.165, 1.54) is 7.11 Å². The summed E-state index contributed by atoms with van der Waals surface area (Å²) in [6.45, 7) is 0. The highest BCUT2D eigenvalue weighted by Gasteiger charge is 2.09. The fraction of sp³-hybridized carbons (Fsp3) is 0.0833. The van der Waals surface area contributed by atoms with E-state index >= 15 is 0 Å². The SMILES string of the molecule is COc1ccc(NC(=O)c2cc(N)c[nH]2)cc1Cl. The minimum atomic E-state index is -0.284. The van der Waals surface area contributed by atoms with E-state index in [2.05, 4.69) is 10.3 Å². The predicted octanol–water partition coefficient (Wildman–Crippen LogP) is 2.51. The summed E-state index contributed by atoms with van der Waals surface area (Å²) in [4.78, 5) is 14.6. The molecule has 0 radical (unpaired) electrons. The smallest absolute Gasteiger partial charge is 0.272 e.